The second-order valence-corrected chi connectivity index (χ2v) is 6.38. The molecule has 17 heavy (non-hydrogen) atoms. The van der Waals surface area contributed by atoms with Crippen LogP contribution in [0.5, 0.6) is 0 Å². The van der Waals surface area contributed by atoms with Gasteiger partial charge in [0.25, 0.3) is 5.91 Å². The minimum absolute atomic E-state index is 0.0679. The fraction of sp³-hybridized carbons (Fsp3) is 0.583. The third-order valence-corrected chi connectivity index (χ3v) is 4.83. The van der Waals surface area contributed by atoms with Crippen LogP contribution >= 0.6 is 34.5 Å². The number of alkyl halides is 1. The van der Waals surface area contributed by atoms with E-state index in [1.165, 1.54) is 11.3 Å². The topological polar surface area (TPSA) is 29.1 Å². The lowest BCUT2D eigenvalue weighted by molar-refractivity contribution is 0.0948. The van der Waals surface area contributed by atoms with Gasteiger partial charge in [0, 0.05) is 11.9 Å². The zero-order chi connectivity index (χ0) is 12.3. The van der Waals surface area contributed by atoms with Gasteiger partial charge in [-0.05, 0) is 36.6 Å². The van der Waals surface area contributed by atoms with Crippen LogP contribution < -0.4 is 5.32 Å². The Kier molecular flexibility index (Phi) is 4.71. The summed E-state index contributed by atoms with van der Waals surface area (Å²) in [6.07, 6.45) is 4.42. The molecule has 1 N–H and O–H groups in total. The van der Waals surface area contributed by atoms with Crippen molar-refractivity contribution in [2.24, 2.45) is 5.92 Å². The minimum atomic E-state index is -0.0679. The standard InChI is InChI=1S/C12H15Cl2NOS/c13-9-3-1-2-8(6-9)7-15-12(16)11-10(14)4-5-17-11/h4-5,8-9H,1-3,6-7H2,(H,15,16). The van der Waals surface area contributed by atoms with Crippen molar-refractivity contribution in [3.8, 4) is 0 Å². The second kappa shape index (κ2) is 6.07. The summed E-state index contributed by atoms with van der Waals surface area (Å²) in [6, 6.07) is 1.75. The van der Waals surface area contributed by atoms with Crippen LogP contribution in [-0.4, -0.2) is 17.8 Å². The van der Waals surface area contributed by atoms with E-state index >= 15 is 0 Å². The first-order valence-electron chi connectivity index (χ1n) is 5.82. The first kappa shape index (κ1) is 13.2. The summed E-state index contributed by atoms with van der Waals surface area (Å²) in [4.78, 5) is 12.4. The van der Waals surface area contributed by atoms with Gasteiger partial charge in [0.05, 0.1) is 5.02 Å². The Labute approximate surface area is 115 Å². The zero-order valence-corrected chi connectivity index (χ0v) is 11.7. The molecule has 94 valence electrons. The quantitative estimate of drug-likeness (QED) is 0.840. The van der Waals surface area contributed by atoms with Crippen molar-refractivity contribution >= 4 is 40.4 Å². The number of carbonyl (C=O) groups is 1. The molecule has 1 amide bonds. The summed E-state index contributed by atoms with van der Waals surface area (Å²) in [5.41, 5.74) is 0. The summed E-state index contributed by atoms with van der Waals surface area (Å²) >= 11 is 13.4. The molecule has 0 saturated heterocycles. The predicted octanol–water partition coefficient (Wildman–Crippen LogP) is 3.93. The van der Waals surface area contributed by atoms with Crippen LogP contribution in [0.25, 0.3) is 0 Å². The number of nitrogens with one attached hydrogen (secondary N) is 1. The van der Waals surface area contributed by atoms with E-state index in [-0.39, 0.29) is 11.3 Å². The number of rotatable bonds is 3. The Balaban J connectivity index is 1.82. The van der Waals surface area contributed by atoms with E-state index in [0.29, 0.717) is 22.4 Å². The lowest BCUT2D eigenvalue weighted by Gasteiger charge is -2.25. The predicted molar refractivity (Wildman–Crippen MR) is 73.3 cm³/mol. The van der Waals surface area contributed by atoms with Gasteiger partial charge in [-0.25, -0.2) is 0 Å². The van der Waals surface area contributed by atoms with Gasteiger partial charge >= 0.3 is 0 Å². The Bertz CT molecular complexity index is 394. The van der Waals surface area contributed by atoms with Crippen LogP contribution in [0, 0.1) is 5.92 Å². The maximum Gasteiger partial charge on any atom is 0.262 e. The van der Waals surface area contributed by atoms with E-state index in [2.05, 4.69) is 5.32 Å². The smallest absolute Gasteiger partial charge is 0.262 e. The molecule has 2 atom stereocenters. The molecule has 2 unspecified atom stereocenters. The first-order chi connectivity index (χ1) is 8.16. The average molecular weight is 292 g/mol. The number of thiophene rings is 1. The van der Waals surface area contributed by atoms with E-state index in [4.69, 9.17) is 23.2 Å². The van der Waals surface area contributed by atoms with Gasteiger partial charge < -0.3 is 5.32 Å². The number of hydrogen-bond donors (Lipinski definition) is 1. The van der Waals surface area contributed by atoms with Crippen LogP contribution in [0.3, 0.4) is 0 Å². The highest BCUT2D eigenvalue weighted by atomic mass is 35.5. The Hall–Kier alpha value is -0.250. The van der Waals surface area contributed by atoms with Crippen LogP contribution in [0.1, 0.15) is 35.4 Å². The van der Waals surface area contributed by atoms with Gasteiger partial charge in [0.2, 0.25) is 0 Å². The molecule has 1 heterocycles. The molecule has 0 bridgehead atoms. The number of hydrogen-bond acceptors (Lipinski definition) is 2. The lowest BCUT2D eigenvalue weighted by atomic mass is 9.89. The molecule has 1 aromatic heterocycles. The Morgan fingerprint density at radius 3 is 3.00 bits per heavy atom. The van der Waals surface area contributed by atoms with E-state index in [1.54, 1.807) is 6.07 Å². The number of amides is 1. The van der Waals surface area contributed by atoms with Crippen molar-refractivity contribution in [1.82, 2.24) is 5.32 Å². The zero-order valence-electron chi connectivity index (χ0n) is 9.42. The van der Waals surface area contributed by atoms with Crippen molar-refractivity contribution in [3.05, 3.63) is 21.3 Å². The molecule has 0 aliphatic heterocycles. The molecule has 1 saturated carbocycles. The van der Waals surface area contributed by atoms with Crippen LogP contribution in [-0.2, 0) is 0 Å². The van der Waals surface area contributed by atoms with Crippen molar-refractivity contribution in [2.45, 2.75) is 31.1 Å². The molecule has 0 radical (unpaired) electrons. The maximum atomic E-state index is 11.8. The van der Waals surface area contributed by atoms with Gasteiger partial charge in [-0.15, -0.1) is 22.9 Å². The Morgan fingerprint density at radius 1 is 1.53 bits per heavy atom. The highest BCUT2D eigenvalue weighted by molar-refractivity contribution is 7.12. The molecule has 0 aromatic carbocycles. The van der Waals surface area contributed by atoms with E-state index < -0.39 is 0 Å². The van der Waals surface area contributed by atoms with Gasteiger partial charge in [-0.2, -0.15) is 0 Å². The van der Waals surface area contributed by atoms with Crippen LogP contribution in [0.4, 0.5) is 0 Å². The largest absolute Gasteiger partial charge is 0.351 e. The van der Waals surface area contributed by atoms with Crippen molar-refractivity contribution in [2.75, 3.05) is 6.54 Å². The molecule has 2 rings (SSSR count). The molecule has 0 spiro atoms. The normalized spacial score (nSPS) is 24.6. The Morgan fingerprint density at radius 2 is 2.35 bits per heavy atom. The third-order valence-electron chi connectivity index (χ3n) is 3.09. The average Bonchev–Trinajstić information content (AvgIpc) is 2.72. The fourth-order valence-corrected chi connectivity index (χ4v) is 3.65. The molecule has 1 aliphatic carbocycles. The summed E-state index contributed by atoms with van der Waals surface area (Å²) < 4.78 is 0. The summed E-state index contributed by atoms with van der Waals surface area (Å²) in [6.45, 7) is 0.705. The molecule has 2 nitrogen and oxygen atoms in total. The molecule has 1 fully saturated rings. The first-order valence-corrected chi connectivity index (χ1v) is 7.51. The highest BCUT2D eigenvalue weighted by Crippen LogP contribution is 2.27. The highest BCUT2D eigenvalue weighted by Gasteiger charge is 2.21. The van der Waals surface area contributed by atoms with E-state index in [0.717, 1.165) is 25.7 Å². The van der Waals surface area contributed by atoms with Gasteiger partial charge in [0.1, 0.15) is 4.88 Å². The van der Waals surface area contributed by atoms with E-state index in [1.807, 2.05) is 5.38 Å². The van der Waals surface area contributed by atoms with Crippen LogP contribution in [0.2, 0.25) is 5.02 Å². The molecule has 5 heteroatoms. The molecular weight excluding hydrogens is 277 g/mol. The molecule has 1 aliphatic rings. The van der Waals surface area contributed by atoms with Crippen LogP contribution in [0.15, 0.2) is 11.4 Å². The number of halogens is 2. The number of carbonyl (C=O) groups excluding carboxylic acids is 1. The monoisotopic (exact) mass is 291 g/mol. The lowest BCUT2D eigenvalue weighted by Crippen LogP contribution is -2.31. The molecule has 1 aromatic rings. The van der Waals surface area contributed by atoms with Gasteiger partial charge in [-0.3, -0.25) is 4.79 Å². The summed E-state index contributed by atoms with van der Waals surface area (Å²) in [7, 11) is 0. The van der Waals surface area contributed by atoms with Crippen molar-refractivity contribution in [3.63, 3.8) is 0 Å². The van der Waals surface area contributed by atoms with Crippen molar-refractivity contribution in [1.29, 1.82) is 0 Å². The second-order valence-electron chi connectivity index (χ2n) is 4.44. The van der Waals surface area contributed by atoms with Gasteiger partial charge in [0.15, 0.2) is 0 Å². The van der Waals surface area contributed by atoms with Crippen molar-refractivity contribution < 1.29 is 4.79 Å². The van der Waals surface area contributed by atoms with Gasteiger partial charge in [-0.1, -0.05) is 18.0 Å². The SMILES string of the molecule is O=C(NCC1CCCC(Cl)C1)c1sccc1Cl. The third kappa shape index (κ3) is 3.60. The molecular formula is C12H15Cl2NOS. The summed E-state index contributed by atoms with van der Waals surface area (Å²) in [5.74, 6) is 0.440. The minimum Gasteiger partial charge on any atom is -0.351 e. The fourth-order valence-electron chi connectivity index (χ4n) is 2.18. The maximum absolute atomic E-state index is 11.8. The van der Waals surface area contributed by atoms with E-state index in [9.17, 15) is 4.79 Å². The summed E-state index contributed by atoms with van der Waals surface area (Å²) in [5, 5.41) is 5.58.